The van der Waals surface area contributed by atoms with Crippen molar-refractivity contribution in [3.05, 3.63) is 29.8 Å². The Balaban J connectivity index is 1.57. The first-order chi connectivity index (χ1) is 10.6. The molecule has 0 aromatic heterocycles. The van der Waals surface area contributed by atoms with Crippen LogP contribution in [0.3, 0.4) is 0 Å². The first kappa shape index (κ1) is 15.0. The Labute approximate surface area is 131 Å². The van der Waals surface area contributed by atoms with E-state index in [4.69, 9.17) is 0 Å². The fraction of sp³-hybridized carbons (Fsp3) is 0.529. The standard InChI is InChI=1S/C17H23N3O2/c1-12-11-18-8-9-20(12)16(21)7-6-14-10-13-4-2-3-5-15(13)19-17(14)22/h2-5,12,14,18H,6-11H2,1H3,(H,19,22)/t12-,14?/m0/s1. The Kier molecular flexibility index (Phi) is 4.43. The summed E-state index contributed by atoms with van der Waals surface area (Å²) in [5, 5.41) is 6.23. The molecule has 1 fully saturated rings. The molecular weight excluding hydrogens is 278 g/mol. The van der Waals surface area contributed by atoms with Crippen molar-refractivity contribution in [2.75, 3.05) is 25.0 Å². The predicted octanol–water partition coefficient (Wildman–Crippen LogP) is 1.40. The molecule has 1 aromatic carbocycles. The van der Waals surface area contributed by atoms with Crippen molar-refractivity contribution in [3.8, 4) is 0 Å². The summed E-state index contributed by atoms with van der Waals surface area (Å²) in [6, 6.07) is 8.12. The molecule has 2 amide bonds. The van der Waals surface area contributed by atoms with E-state index in [2.05, 4.69) is 17.6 Å². The molecule has 5 nitrogen and oxygen atoms in total. The Hall–Kier alpha value is -1.88. The van der Waals surface area contributed by atoms with Gasteiger partial charge in [0, 0.05) is 43.7 Å². The Morgan fingerprint density at radius 3 is 3.00 bits per heavy atom. The maximum atomic E-state index is 12.4. The topological polar surface area (TPSA) is 61.4 Å². The zero-order chi connectivity index (χ0) is 15.5. The van der Waals surface area contributed by atoms with E-state index >= 15 is 0 Å². The average Bonchev–Trinajstić information content (AvgIpc) is 2.53. The summed E-state index contributed by atoms with van der Waals surface area (Å²) in [4.78, 5) is 26.5. The smallest absolute Gasteiger partial charge is 0.227 e. The minimum Gasteiger partial charge on any atom is -0.337 e. The number of para-hydroxylation sites is 1. The van der Waals surface area contributed by atoms with Crippen LogP contribution in [0.4, 0.5) is 5.69 Å². The number of rotatable bonds is 3. The highest BCUT2D eigenvalue weighted by atomic mass is 16.2. The molecule has 118 valence electrons. The van der Waals surface area contributed by atoms with E-state index in [1.54, 1.807) is 0 Å². The number of piperazine rings is 1. The van der Waals surface area contributed by atoms with Gasteiger partial charge >= 0.3 is 0 Å². The van der Waals surface area contributed by atoms with Crippen LogP contribution in [-0.2, 0) is 16.0 Å². The van der Waals surface area contributed by atoms with Gasteiger partial charge in [0.15, 0.2) is 0 Å². The van der Waals surface area contributed by atoms with Gasteiger partial charge in [-0.2, -0.15) is 0 Å². The summed E-state index contributed by atoms with van der Waals surface area (Å²) in [5.74, 6) is 0.109. The van der Waals surface area contributed by atoms with Crippen molar-refractivity contribution in [2.45, 2.75) is 32.2 Å². The van der Waals surface area contributed by atoms with Gasteiger partial charge in [-0.05, 0) is 31.4 Å². The van der Waals surface area contributed by atoms with Gasteiger partial charge < -0.3 is 15.5 Å². The van der Waals surface area contributed by atoms with Crippen LogP contribution in [0.25, 0.3) is 0 Å². The van der Waals surface area contributed by atoms with Gasteiger partial charge in [-0.1, -0.05) is 18.2 Å². The fourth-order valence-electron chi connectivity index (χ4n) is 3.30. The molecule has 2 aliphatic rings. The minimum atomic E-state index is -0.0999. The monoisotopic (exact) mass is 301 g/mol. The van der Waals surface area contributed by atoms with Crippen molar-refractivity contribution in [3.63, 3.8) is 0 Å². The molecular formula is C17H23N3O2. The van der Waals surface area contributed by atoms with Crippen LogP contribution in [0.15, 0.2) is 24.3 Å². The number of hydrogen-bond donors (Lipinski definition) is 2. The van der Waals surface area contributed by atoms with Crippen molar-refractivity contribution < 1.29 is 9.59 Å². The summed E-state index contributed by atoms with van der Waals surface area (Å²) < 4.78 is 0. The van der Waals surface area contributed by atoms with Gasteiger partial charge in [-0.3, -0.25) is 9.59 Å². The van der Waals surface area contributed by atoms with Crippen LogP contribution in [0.5, 0.6) is 0 Å². The summed E-state index contributed by atoms with van der Waals surface area (Å²) in [5.41, 5.74) is 2.07. The summed E-state index contributed by atoms with van der Waals surface area (Å²) in [6.45, 7) is 4.53. The third kappa shape index (κ3) is 3.14. The van der Waals surface area contributed by atoms with Gasteiger partial charge in [0.25, 0.3) is 0 Å². The number of benzene rings is 1. The summed E-state index contributed by atoms with van der Waals surface area (Å²) in [7, 11) is 0. The molecule has 3 rings (SSSR count). The number of amides is 2. The van der Waals surface area contributed by atoms with E-state index in [1.807, 2.05) is 29.2 Å². The summed E-state index contributed by atoms with van der Waals surface area (Å²) in [6.07, 6.45) is 1.80. The van der Waals surface area contributed by atoms with E-state index in [9.17, 15) is 9.59 Å². The Morgan fingerprint density at radius 2 is 2.18 bits per heavy atom. The molecule has 2 atom stereocenters. The van der Waals surface area contributed by atoms with Gasteiger partial charge in [0.05, 0.1) is 0 Å². The zero-order valence-corrected chi connectivity index (χ0v) is 13.0. The number of nitrogens with one attached hydrogen (secondary N) is 2. The number of fused-ring (bicyclic) bond motifs is 1. The van der Waals surface area contributed by atoms with Crippen LogP contribution in [-0.4, -0.2) is 42.4 Å². The maximum absolute atomic E-state index is 12.4. The average molecular weight is 301 g/mol. The minimum absolute atomic E-state index is 0.0415. The number of carbonyl (C=O) groups is 2. The first-order valence-corrected chi connectivity index (χ1v) is 8.04. The Morgan fingerprint density at radius 1 is 1.36 bits per heavy atom. The van der Waals surface area contributed by atoms with E-state index in [0.29, 0.717) is 12.8 Å². The second kappa shape index (κ2) is 6.48. The van der Waals surface area contributed by atoms with Crippen LogP contribution >= 0.6 is 0 Å². The Bertz CT molecular complexity index is 573. The molecule has 1 aromatic rings. The van der Waals surface area contributed by atoms with Gasteiger partial charge in [-0.15, -0.1) is 0 Å². The third-order valence-electron chi connectivity index (χ3n) is 4.64. The highest BCUT2D eigenvalue weighted by molar-refractivity contribution is 5.96. The molecule has 0 saturated carbocycles. The lowest BCUT2D eigenvalue weighted by Crippen LogP contribution is -2.52. The first-order valence-electron chi connectivity index (χ1n) is 8.04. The van der Waals surface area contributed by atoms with Crippen molar-refractivity contribution >= 4 is 17.5 Å². The van der Waals surface area contributed by atoms with Crippen molar-refractivity contribution in [2.24, 2.45) is 5.92 Å². The molecule has 0 radical (unpaired) electrons. The fourth-order valence-corrected chi connectivity index (χ4v) is 3.30. The number of anilines is 1. The van der Waals surface area contributed by atoms with Crippen LogP contribution in [0.2, 0.25) is 0 Å². The number of nitrogens with zero attached hydrogens (tertiary/aromatic N) is 1. The number of hydrogen-bond acceptors (Lipinski definition) is 3. The quantitative estimate of drug-likeness (QED) is 0.887. The number of carbonyl (C=O) groups excluding carboxylic acids is 2. The van der Waals surface area contributed by atoms with Gasteiger partial charge in [0.2, 0.25) is 11.8 Å². The largest absolute Gasteiger partial charge is 0.337 e. The molecule has 1 saturated heterocycles. The molecule has 2 N–H and O–H groups in total. The second-order valence-electron chi connectivity index (χ2n) is 6.23. The molecule has 1 unspecified atom stereocenters. The van der Waals surface area contributed by atoms with Crippen LogP contribution in [0, 0.1) is 5.92 Å². The normalized spacial score (nSPS) is 24.6. The lowest BCUT2D eigenvalue weighted by atomic mass is 9.89. The molecule has 0 bridgehead atoms. The molecule has 0 aliphatic carbocycles. The van der Waals surface area contributed by atoms with Crippen LogP contribution in [0.1, 0.15) is 25.3 Å². The summed E-state index contributed by atoms with van der Waals surface area (Å²) >= 11 is 0. The van der Waals surface area contributed by atoms with Crippen molar-refractivity contribution in [1.29, 1.82) is 0 Å². The van der Waals surface area contributed by atoms with Crippen LogP contribution < -0.4 is 10.6 Å². The van der Waals surface area contributed by atoms with E-state index in [0.717, 1.165) is 37.3 Å². The second-order valence-corrected chi connectivity index (χ2v) is 6.23. The SMILES string of the molecule is C[C@H]1CNCCN1C(=O)CCC1Cc2ccccc2NC1=O. The highest BCUT2D eigenvalue weighted by Crippen LogP contribution is 2.27. The van der Waals surface area contributed by atoms with E-state index in [1.165, 1.54) is 0 Å². The molecule has 22 heavy (non-hydrogen) atoms. The van der Waals surface area contributed by atoms with Crippen molar-refractivity contribution in [1.82, 2.24) is 10.2 Å². The van der Waals surface area contributed by atoms with Gasteiger partial charge in [-0.25, -0.2) is 0 Å². The molecule has 2 heterocycles. The predicted molar refractivity (Wildman–Crippen MR) is 85.5 cm³/mol. The molecule has 5 heteroatoms. The third-order valence-corrected chi connectivity index (χ3v) is 4.64. The lowest BCUT2D eigenvalue weighted by molar-refractivity contribution is -0.134. The lowest BCUT2D eigenvalue weighted by Gasteiger charge is -2.34. The zero-order valence-electron chi connectivity index (χ0n) is 13.0. The highest BCUT2D eigenvalue weighted by Gasteiger charge is 2.28. The van der Waals surface area contributed by atoms with E-state index in [-0.39, 0.29) is 23.8 Å². The molecule has 0 spiro atoms. The van der Waals surface area contributed by atoms with Gasteiger partial charge in [0.1, 0.15) is 0 Å². The maximum Gasteiger partial charge on any atom is 0.227 e. The molecule has 2 aliphatic heterocycles. The van der Waals surface area contributed by atoms with E-state index < -0.39 is 0 Å².